The average molecular weight is 438 g/mol. The molecule has 0 atom stereocenters. The first-order valence-electron chi connectivity index (χ1n) is 8.56. The van der Waals surface area contributed by atoms with Crippen LogP contribution in [0.1, 0.15) is 15.9 Å². The first-order valence-corrected chi connectivity index (χ1v) is 9.36. The van der Waals surface area contributed by atoms with Crippen molar-refractivity contribution in [2.45, 2.75) is 6.54 Å². The van der Waals surface area contributed by atoms with Crippen molar-refractivity contribution >= 4 is 33.1 Å². The highest BCUT2D eigenvalue weighted by Crippen LogP contribution is 2.24. The first kappa shape index (κ1) is 18.2. The van der Waals surface area contributed by atoms with Crippen LogP contribution in [0.25, 0.3) is 22.7 Å². The summed E-state index contributed by atoms with van der Waals surface area (Å²) in [5, 5.41) is 2.91. The number of amides is 1. The summed E-state index contributed by atoms with van der Waals surface area (Å²) in [6.07, 6.45) is 1.68. The van der Waals surface area contributed by atoms with Crippen molar-refractivity contribution in [1.82, 2.24) is 15.3 Å². The summed E-state index contributed by atoms with van der Waals surface area (Å²) in [6.45, 7) is 0.393. The Morgan fingerprint density at radius 1 is 1.18 bits per heavy atom. The second-order valence-corrected chi connectivity index (χ2v) is 6.98. The van der Waals surface area contributed by atoms with Crippen molar-refractivity contribution < 1.29 is 13.9 Å². The van der Waals surface area contributed by atoms with Crippen LogP contribution in [0, 0.1) is 0 Å². The highest BCUT2D eigenvalue weighted by molar-refractivity contribution is 9.10. The Balaban J connectivity index is 1.46. The van der Waals surface area contributed by atoms with Crippen LogP contribution in [0.5, 0.6) is 5.75 Å². The number of pyridine rings is 1. The van der Waals surface area contributed by atoms with Gasteiger partial charge in [-0.05, 0) is 48.0 Å². The Kier molecular flexibility index (Phi) is 5.08. The minimum Gasteiger partial charge on any atom is -0.496 e. The number of nitrogens with zero attached hydrogens (tertiary/aromatic N) is 2. The minimum atomic E-state index is -0.202. The molecule has 0 radical (unpaired) electrons. The van der Waals surface area contributed by atoms with Crippen LogP contribution >= 0.6 is 15.9 Å². The van der Waals surface area contributed by atoms with Crippen molar-refractivity contribution in [1.29, 1.82) is 0 Å². The molecule has 140 valence electrons. The van der Waals surface area contributed by atoms with Crippen molar-refractivity contribution in [3.05, 3.63) is 76.4 Å². The summed E-state index contributed by atoms with van der Waals surface area (Å²) in [4.78, 5) is 21.1. The van der Waals surface area contributed by atoms with E-state index in [1.54, 1.807) is 25.4 Å². The number of nitrogens with one attached hydrogen (secondary N) is 1. The predicted molar refractivity (Wildman–Crippen MR) is 109 cm³/mol. The molecule has 4 aromatic rings. The van der Waals surface area contributed by atoms with Gasteiger partial charge in [-0.3, -0.25) is 4.79 Å². The molecule has 0 fully saturated rings. The molecule has 0 unspecified atom stereocenters. The minimum absolute atomic E-state index is 0.202. The summed E-state index contributed by atoms with van der Waals surface area (Å²) in [7, 11) is 1.54. The lowest BCUT2D eigenvalue weighted by Crippen LogP contribution is -2.23. The number of rotatable bonds is 5. The number of carbonyl (C=O) groups excluding carboxylic acids is 1. The van der Waals surface area contributed by atoms with Gasteiger partial charge in [-0.1, -0.05) is 28.1 Å². The van der Waals surface area contributed by atoms with Gasteiger partial charge in [-0.2, -0.15) is 4.98 Å². The third-order valence-corrected chi connectivity index (χ3v) is 4.72. The van der Waals surface area contributed by atoms with Crippen molar-refractivity contribution in [2.75, 3.05) is 7.11 Å². The second kappa shape index (κ2) is 7.82. The predicted octanol–water partition coefficient (Wildman–Crippen LogP) is 4.59. The van der Waals surface area contributed by atoms with Gasteiger partial charge in [0.05, 0.1) is 12.7 Å². The number of halogens is 1. The zero-order valence-electron chi connectivity index (χ0n) is 15.0. The lowest BCUT2D eigenvalue weighted by atomic mass is 10.1. The molecular formula is C21H16BrN3O3. The molecule has 0 spiro atoms. The Hall–Kier alpha value is -3.19. The number of methoxy groups -OCH3 is 1. The van der Waals surface area contributed by atoms with Crippen LogP contribution in [0.4, 0.5) is 0 Å². The van der Waals surface area contributed by atoms with Gasteiger partial charge in [-0.25, -0.2) is 4.98 Å². The molecule has 2 aromatic heterocycles. The van der Waals surface area contributed by atoms with E-state index in [1.165, 1.54) is 0 Å². The third kappa shape index (κ3) is 3.75. The first-order chi connectivity index (χ1) is 13.6. The maximum Gasteiger partial charge on any atom is 0.255 e. The van der Waals surface area contributed by atoms with Gasteiger partial charge in [0.15, 0.2) is 11.2 Å². The van der Waals surface area contributed by atoms with Gasteiger partial charge < -0.3 is 14.5 Å². The van der Waals surface area contributed by atoms with E-state index in [-0.39, 0.29) is 5.91 Å². The van der Waals surface area contributed by atoms with Gasteiger partial charge >= 0.3 is 0 Å². The van der Waals surface area contributed by atoms with E-state index in [4.69, 9.17) is 9.15 Å². The highest BCUT2D eigenvalue weighted by atomic mass is 79.9. The maximum atomic E-state index is 12.5. The van der Waals surface area contributed by atoms with Gasteiger partial charge in [0, 0.05) is 22.8 Å². The number of hydrogen-bond donors (Lipinski definition) is 1. The smallest absolute Gasteiger partial charge is 0.255 e. The van der Waals surface area contributed by atoms with Crippen molar-refractivity contribution in [3.8, 4) is 17.2 Å². The fourth-order valence-corrected chi connectivity index (χ4v) is 3.15. The van der Waals surface area contributed by atoms with Crippen LogP contribution < -0.4 is 10.1 Å². The maximum absolute atomic E-state index is 12.5. The van der Waals surface area contributed by atoms with Crippen molar-refractivity contribution in [3.63, 3.8) is 0 Å². The van der Waals surface area contributed by atoms with Gasteiger partial charge in [-0.15, -0.1) is 0 Å². The number of hydrogen-bond acceptors (Lipinski definition) is 5. The SMILES string of the molecule is COc1ccc(Br)cc1C(=O)NCc1ccc(-c2nc3ncccc3o2)cc1. The Morgan fingerprint density at radius 2 is 2.00 bits per heavy atom. The lowest BCUT2D eigenvalue weighted by Gasteiger charge is -2.10. The quantitative estimate of drug-likeness (QED) is 0.493. The number of benzene rings is 2. The van der Waals surface area contributed by atoms with Gasteiger partial charge in [0.25, 0.3) is 5.91 Å². The molecule has 0 saturated carbocycles. The summed E-state index contributed by atoms with van der Waals surface area (Å²) in [6, 6.07) is 16.6. The number of carbonyl (C=O) groups is 1. The average Bonchev–Trinajstić information content (AvgIpc) is 3.16. The topological polar surface area (TPSA) is 77.2 Å². The van der Waals surface area contributed by atoms with Crippen LogP contribution in [-0.4, -0.2) is 23.0 Å². The Labute approximate surface area is 169 Å². The standard InChI is InChI=1S/C21H16BrN3O3/c1-27-17-9-8-15(22)11-16(17)20(26)24-12-13-4-6-14(7-5-13)21-25-19-18(28-21)3-2-10-23-19/h2-11H,12H2,1H3,(H,24,26). The monoisotopic (exact) mass is 437 g/mol. The number of aromatic nitrogens is 2. The molecular weight excluding hydrogens is 422 g/mol. The Bertz CT molecular complexity index is 1110. The van der Waals surface area contributed by atoms with Crippen LogP contribution in [-0.2, 0) is 6.54 Å². The molecule has 0 saturated heterocycles. The molecule has 0 aliphatic rings. The van der Waals surface area contributed by atoms with E-state index in [0.717, 1.165) is 15.6 Å². The van der Waals surface area contributed by atoms with Gasteiger partial charge in [0.1, 0.15) is 5.75 Å². The molecule has 4 rings (SSSR count). The second-order valence-electron chi connectivity index (χ2n) is 6.07. The van der Waals surface area contributed by atoms with Crippen LogP contribution in [0.2, 0.25) is 0 Å². The normalized spacial score (nSPS) is 10.8. The van der Waals surface area contributed by atoms with E-state index in [2.05, 4.69) is 31.2 Å². The molecule has 7 heteroatoms. The molecule has 0 aliphatic carbocycles. The van der Waals surface area contributed by atoms with E-state index < -0.39 is 0 Å². The Morgan fingerprint density at radius 3 is 2.75 bits per heavy atom. The molecule has 2 aromatic carbocycles. The summed E-state index contributed by atoms with van der Waals surface area (Å²) in [5.41, 5.74) is 3.52. The fraction of sp³-hybridized carbons (Fsp3) is 0.0952. The summed E-state index contributed by atoms with van der Waals surface area (Å²) >= 11 is 3.38. The van der Waals surface area contributed by atoms with E-state index in [1.807, 2.05) is 42.5 Å². The zero-order valence-corrected chi connectivity index (χ0v) is 16.6. The highest BCUT2D eigenvalue weighted by Gasteiger charge is 2.13. The molecule has 1 N–H and O–H groups in total. The van der Waals surface area contributed by atoms with Crippen LogP contribution in [0.15, 0.2) is 69.7 Å². The molecule has 28 heavy (non-hydrogen) atoms. The fourth-order valence-electron chi connectivity index (χ4n) is 2.79. The molecule has 6 nitrogen and oxygen atoms in total. The number of fused-ring (bicyclic) bond motifs is 1. The molecule has 0 aliphatic heterocycles. The summed E-state index contributed by atoms with van der Waals surface area (Å²) in [5.74, 6) is 0.844. The molecule has 1 amide bonds. The number of ether oxygens (including phenoxy) is 1. The van der Waals surface area contributed by atoms with Crippen LogP contribution in [0.3, 0.4) is 0 Å². The van der Waals surface area contributed by atoms with E-state index >= 15 is 0 Å². The van der Waals surface area contributed by atoms with E-state index in [9.17, 15) is 4.79 Å². The lowest BCUT2D eigenvalue weighted by molar-refractivity contribution is 0.0948. The van der Waals surface area contributed by atoms with Crippen molar-refractivity contribution in [2.24, 2.45) is 0 Å². The zero-order chi connectivity index (χ0) is 19.5. The molecule has 2 heterocycles. The van der Waals surface area contributed by atoms with Gasteiger partial charge in [0.2, 0.25) is 5.89 Å². The summed E-state index contributed by atoms with van der Waals surface area (Å²) < 4.78 is 11.8. The van der Waals surface area contributed by atoms with E-state index in [0.29, 0.717) is 35.0 Å². The third-order valence-electron chi connectivity index (χ3n) is 4.23. The molecule has 0 bridgehead atoms. The number of oxazole rings is 1. The largest absolute Gasteiger partial charge is 0.496 e.